The SMILES string of the molecule is Cc1cccc(C2CC(NCC(F)F)CN(CC#N)C2)c1. The molecule has 1 aliphatic heterocycles. The molecule has 114 valence electrons. The van der Waals surface area contributed by atoms with Crippen molar-refractivity contribution in [3.63, 3.8) is 0 Å². The van der Waals surface area contributed by atoms with Crippen LogP contribution in [0.4, 0.5) is 8.78 Å². The molecule has 0 bridgehead atoms. The zero-order chi connectivity index (χ0) is 15.2. The smallest absolute Gasteiger partial charge is 0.250 e. The van der Waals surface area contributed by atoms with E-state index in [1.165, 1.54) is 11.1 Å². The second-order valence-corrected chi connectivity index (χ2v) is 5.70. The quantitative estimate of drug-likeness (QED) is 0.848. The lowest BCUT2D eigenvalue weighted by molar-refractivity contribution is 0.124. The van der Waals surface area contributed by atoms with Crippen molar-refractivity contribution >= 4 is 0 Å². The number of nitrogens with one attached hydrogen (secondary N) is 1. The normalized spacial score (nSPS) is 23.2. The van der Waals surface area contributed by atoms with Crippen molar-refractivity contribution in [2.24, 2.45) is 0 Å². The van der Waals surface area contributed by atoms with Gasteiger partial charge in [0.2, 0.25) is 0 Å². The minimum Gasteiger partial charge on any atom is -0.307 e. The first-order chi connectivity index (χ1) is 10.1. The highest BCUT2D eigenvalue weighted by Gasteiger charge is 2.28. The second kappa shape index (κ2) is 7.48. The van der Waals surface area contributed by atoms with Crippen LogP contribution in [0.1, 0.15) is 23.5 Å². The van der Waals surface area contributed by atoms with E-state index in [0.29, 0.717) is 13.1 Å². The van der Waals surface area contributed by atoms with Gasteiger partial charge in [-0.15, -0.1) is 0 Å². The fourth-order valence-electron chi connectivity index (χ4n) is 2.99. The Morgan fingerprint density at radius 1 is 1.43 bits per heavy atom. The van der Waals surface area contributed by atoms with Crippen LogP contribution in [-0.4, -0.2) is 43.5 Å². The molecule has 0 spiro atoms. The molecule has 0 aliphatic carbocycles. The fraction of sp³-hybridized carbons (Fsp3) is 0.562. The number of hydrogen-bond acceptors (Lipinski definition) is 3. The number of nitriles is 1. The Morgan fingerprint density at radius 3 is 2.90 bits per heavy atom. The van der Waals surface area contributed by atoms with E-state index >= 15 is 0 Å². The number of likely N-dealkylation sites (tertiary alicyclic amines) is 1. The number of hydrogen-bond donors (Lipinski definition) is 1. The molecule has 0 saturated carbocycles. The van der Waals surface area contributed by atoms with Gasteiger partial charge in [-0.1, -0.05) is 29.8 Å². The number of nitrogens with zero attached hydrogens (tertiary/aromatic N) is 2. The van der Waals surface area contributed by atoms with Gasteiger partial charge in [0.05, 0.1) is 19.2 Å². The Balaban J connectivity index is 2.07. The first kappa shape index (κ1) is 15.9. The molecular weight excluding hydrogens is 272 g/mol. The fourth-order valence-corrected chi connectivity index (χ4v) is 2.99. The number of alkyl halides is 2. The standard InChI is InChI=1S/C16H21F2N3/c1-12-3-2-4-13(7-12)14-8-15(20-9-16(17)18)11-21(10-14)6-5-19/h2-4,7,14-16,20H,6,8-11H2,1H3. The van der Waals surface area contributed by atoms with Crippen LogP contribution in [0.15, 0.2) is 24.3 Å². The summed E-state index contributed by atoms with van der Waals surface area (Å²) in [7, 11) is 0. The Bertz CT molecular complexity index is 499. The molecule has 0 amide bonds. The van der Waals surface area contributed by atoms with E-state index in [1.807, 2.05) is 24.0 Å². The monoisotopic (exact) mass is 293 g/mol. The average molecular weight is 293 g/mol. The van der Waals surface area contributed by atoms with Crippen molar-refractivity contribution in [2.45, 2.75) is 31.7 Å². The summed E-state index contributed by atoms with van der Waals surface area (Å²) >= 11 is 0. The third-order valence-corrected chi connectivity index (χ3v) is 3.89. The lowest BCUT2D eigenvalue weighted by Gasteiger charge is -2.37. The summed E-state index contributed by atoms with van der Waals surface area (Å²) in [5, 5.41) is 11.8. The van der Waals surface area contributed by atoms with Crippen LogP contribution in [0, 0.1) is 18.3 Å². The molecule has 1 N–H and O–H groups in total. The minimum absolute atomic E-state index is 0.00612. The number of rotatable bonds is 5. The highest BCUT2D eigenvalue weighted by atomic mass is 19.3. The molecule has 3 nitrogen and oxygen atoms in total. The molecule has 1 saturated heterocycles. The first-order valence-electron chi connectivity index (χ1n) is 7.26. The summed E-state index contributed by atoms with van der Waals surface area (Å²) in [5.41, 5.74) is 2.42. The molecule has 1 heterocycles. The summed E-state index contributed by atoms with van der Waals surface area (Å²) in [5.74, 6) is 0.280. The number of aryl methyl sites for hydroxylation is 1. The number of benzene rings is 1. The van der Waals surface area contributed by atoms with Crippen LogP contribution in [0.3, 0.4) is 0 Å². The lowest BCUT2D eigenvalue weighted by Crippen LogP contribution is -2.49. The molecule has 2 rings (SSSR count). The Morgan fingerprint density at radius 2 is 2.24 bits per heavy atom. The molecule has 1 fully saturated rings. The van der Waals surface area contributed by atoms with Crippen molar-refractivity contribution < 1.29 is 8.78 Å². The number of piperidine rings is 1. The van der Waals surface area contributed by atoms with Gasteiger partial charge in [0.25, 0.3) is 6.43 Å². The van der Waals surface area contributed by atoms with Crippen LogP contribution in [0.2, 0.25) is 0 Å². The summed E-state index contributed by atoms with van der Waals surface area (Å²) in [6.45, 7) is 3.57. The van der Waals surface area contributed by atoms with E-state index in [2.05, 4.69) is 23.5 Å². The van der Waals surface area contributed by atoms with E-state index in [-0.39, 0.29) is 18.5 Å². The topological polar surface area (TPSA) is 39.1 Å². The predicted octanol–water partition coefficient (Wildman–Crippen LogP) is 2.53. The van der Waals surface area contributed by atoms with Gasteiger partial charge in [-0.05, 0) is 24.8 Å². The largest absolute Gasteiger partial charge is 0.307 e. The van der Waals surface area contributed by atoms with Gasteiger partial charge in [0.1, 0.15) is 0 Å². The number of halogens is 2. The Labute approximate surface area is 124 Å². The summed E-state index contributed by atoms with van der Waals surface area (Å²) in [6.07, 6.45) is -1.51. The maximum Gasteiger partial charge on any atom is 0.250 e. The highest BCUT2D eigenvalue weighted by molar-refractivity contribution is 5.26. The molecule has 2 unspecified atom stereocenters. The zero-order valence-electron chi connectivity index (χ0n) is 12.2. The van der Waals surface area contributed by atoms with E-state index in [1.54, 1.807) is 0 Å². The second-order valence-electron chi connectivity index (χ2n) is 5.70. The van der Waals surface area contributed by atoms with Gasteiger partial charge in [-0.2, -0.15) is 5.26 Å². The molecule has 1 aromatic carbocycles. The molecule has 21 heavy (non-hydrogen) atoms. The molecule has 1 aromatic rings. The summed E-state index contributed by atoms with van der Waals surface area (Å²) < 4.78 is 24.8. The summed E-state index contributed by atoms with van der Waals surface area (Å²) in [4.78, 5) is 2.04. The van der Waals surface area contributed by atoms with Crippen molar-refractivity contribution in [2.75, 3.05) is 26.2 Å². The van der Waals surface area contributed by atoms with E-state index in [9.17, 15) is 8.78 Å². The lowest BCUT2D eigenvalue weighted by atomic mass is 9.87. The van der Waals surface area contributed by atoms with Crippen molar-refractivity contribution in [3.8, 4) is 6.07 Å². The van der Waals surface area contributed by atoms with Crippen LogP contribution in [0.5, 0.6) is 0 Å². The highest BCUT2D eigenvalue weighted by Crippen LogP contribution is 2.27. The summed E-state index contributed by atoms with van der Waals surface area (Å²) in [6, 6.07) is 10.5. The zero-order valence-corrected chi connectivity index (χ0v) is 12.2. The molecular formula is C16H21F2N3. The third-order valence-electron chi connectivity index (χ3n) is 3.89. The average Bonchev–Trinajstić information content (AvgIpc) is 2.45. The third kappa shape index (κ3) is 4.76. The van der Waals surface area contributed by atoms with E-state index < -0.39 is 6.43 Å². The van der Waals surface area contributed by atoms with Crippen LogP contribution < -0.4 is 5.32 Å². The van der Waals surface area contributed by atoms with Gasteiger partial charge < -0.3 is 5.32 Å². The van der Waals surface area contributed by atoms with Gasteiger partial charge in [-0.25, -0.2) is 8.78 Å². The maximum absolute atomic E-state index is 12.4. The molecule has 0 aromatic heterocycles. The predicted molar refractivity (Wildman–Crippen MR) is 78.4 cm³/mol. The van der Waals surface area contributed by atoms with Gasteiger partial charge in [-0.3, -0.25) is 4.90 Å². The molecule has 2 atom stereocenters. The van der Waals surface area contributed by atoms with Gasteiger partial charge in [0.15, 0.2) is 0 Å². The van der Waals surface area contributed by atoms with Crippen molar-refractivity contribution in [3.05, 3.63) is 35.4 Å². The minimum atomic E-state index is -2.34. The van der Waals surface area contributed by atoms with E-state index in [0.717, 1.165) is 13.0 Å². The Hall–Kier alpha value is -1.51. The molecule has 1 aliphatic rings. The maximum atomic E-state index is 12.4. The van der Waals surface area contributed by atoms with Crippen LogP contribution >= 0.6 is 0 Å². The molecule has 5 heteroatoms. The first-order valence-corrected chi connectivity index (χ1v) is 7.26. The van der Waals surface area contributed by atoms with Crippen molar-refractivity contribution in [1.82, 2.24) is 10.2 Å². The van der Waals surface area contributed by atoms with Crippen LogP contribution in [-0.2, 0) is 0 Å². The Kier molecular flexibility index (Phi) is 5.66. The van der Waals surface area contributed by atoms with E-state index in [4.69, 9.17) is 5.26 Å². The van der Waals surface area contributed by atoms with Crippen LogP contribution in [0.25, 0.3) is 0 Å². The van der Waals surface area contributed by atoms with Crippen molar-refractivity contribution in [1.29, 1.82) is 5.26 Å². The van der Waals surface area contributed by atoms with Gasteiger partial charge >= 0.3 is 0 Å². The van der Waals surface area contributed by atoms with Gasteiger partial charge in [0, 0.05) is 19.1 Å². The molecule has 0 radical (unpaired) electrons.